The van der Waals surface area contributed by atoms with Crippen molar-refractivity contribution in [2.75, 3.05) is 19.0 Å². The first-order valence-electron chi connectivity index (χ1n) is 10.8. The minimum absolute atomic E-state index is 0.203. The summed E-state index contributed by atoms with van der Waals surface area (Å²) in [5.74, 6) is 2.28. The number of methoxy groups -OCH3 is 1. The van der Waals surface area contributed by atoms with Crippen molar-refractivity contribution in [3.63, 3.8) is 0 Å². The Balaban J connectivity index is 1.79. The van der Waals surface area contributed by atoms with Gasteiger partial charge < -0.3 is 14.8 Å². The van der Waals surface area contributed by atoms with Crippen LogP contribution in [0, 0.1) is 5.92 Å². The molecule has 0 saturated carbocycles. The van der Waals surface area contributed by atoms with E-state index in [9.17, 15) is 4.79 Å². The summed E-state index contributed by atoms with van der Waals surface area (Å²) < 4.78 is 12.8. The number of nitrogens with zero attached hydrogens (tertiary/aromatic N) is 4. The highest BCUT2D eigenvalue weighted by Gasteiger charge is 2.22. The van der Waals surface area contributed by atoms with Crippen molar-refractivity contribution in [2.45, 2.75) is 40.0 Å². The smallest absolute Gasteiger partial charge is 0.252 e. The van der Waals surface area contributed by atoms with E-state index in [1.165, 1.54) is 10.8 Å². The molecule has 0 unspecified atom stereocenters. The van der Waals surface area contributed by atoms with E-state index in [-0.39, 0.29) is 11.3 Å². The van der Waals surface area contributed by atoms with Crippen molar-refractivity contribution in [2.24, 2.45) is 5.92 Å². The Labute approximate surface area is 194 Å². The lowest BCUT2D eigenvalue weighted by atomic mass is 9.92. The van der Waals surface area contributed by atoms with Gasteiger partial charge in [0.1, 0.15) is 5.82 Å². The monoisotopic (exact) mass is 449 g/mol. The molecule has 0 spiro atoms. The Bertz CT molecular complexity index is 1110. The van der Waals surface area contributed by atoms with Gasteiger partial charge in [0.05, 0.1) is 19.4 Å². The fourth-order valence-electron chi connectivity index (χ4n) is 2.89. The average molecular weight is 450 g/mol. The third-order valence-corrected chi connectivity index (χ3v) is 4.66. The molecule has 3 aromatic rings. The highest BCUT2D eigenvalue weighted by atomic mass is 16.5. The number of anilines is 1. The molecule has 8 nitrogen and oxygen atoms in total. The van der Waals surface area contributed by atoms with Crippen LogP contribution in [0.3, 0.4) is 0 Å². The number of aromatic nitrogens is 4. The van der Waals surface area contributed by atoms with Crippen LogP contribution in [0.25, 0.3) is 12.0 Å². The number of carbonyl (C=O) groups excluding carboxylic acids is 1. The third kappa shape index (κ3) is 6.41. The predicted molar refractivity (Wildman–Crippen MR) is 129 cm³/mol. The normalized spacial score (nSPS) is 11.7. The van der Waals surface area contributed by atoms with Crippen LogP contribution in [-0.2, 0) is 10.2 Å². The number of hydrogen-bond acceptors (Lipinski definition) is 6. The maximum atomic E-state index is 12.7. The van der Waals surface area contributed by atoms with Crippen LogP contribution in [0.2, 0.25) is 0 Å². The van der Waals surface area contributed by atoms with Gasteiger partial charge in [-0.3, -0.25) is 4.79 Å². The zero-order valence-electron chi connectivity index (χ0n) is 20.0. The van der Waals surface area contributed by atoms with Gasteiger partial charge in [-0.05, 0) is 35.8 Å². The van der Waals surface area contributed by atoms with Gasteiger partial charge in [0.15, 0.2) is 11.5 Å². The zero-order chi connectivity index (χ0) is 24.0. The first-order valence-corrected chi connectivity index (χ1v) is 10.8. The molecule has 0 aliphatic heterocycles. The summed E-state index contributed by atoms with van der Waals surface area (Å²) in [6, 6.07) is 9.12. The Morgan fingerprint density at radius 1 is 1.15 bits per heavy atom. The van der Waals surface area contributed by atoms with Crippen molar-refractivity contribution in [1.82, 2.24) is 19.7 Å². The average Bonchev–Trinajstić information content (AvgIpc) is 3.21. The molecule has 0 bridgehead atoms. The standard InChI is InChI=1S/C25H31N5O3/c1-17(2)16-33-19-10-8-18(14-20(19)32-6)9-11-23(31)28-22-15-21(25(3,4)5)29-30(22)24-26-12-7-13-27-24/h7-15,17H,16H2,1-6H3,(H,28,31)/b11-9+. The fraction of sp³-hybridized carbons (Fsp3) is 0.360. The molecule has 0 atom stereocenters. The molecule has 0 saturated heterocycles. The van der Waals surface area contributed by atoms with E-state index in [0.29, 0.717) is 35.8 Å². The largest absolute Gasteiger partial charge is 0.493 e. The molecule has 33 heavy (non-hydrogen) atoms. The lowest BCUT2D eigenvalue weighted by molar-refractivity contribution is -0.111. The molecule has 1 aromatic carbocycles. The molecule has 0 radical (unpaired) electrons. The lowest BCUT2D eigenvalue weighted by Crippen LogP contribution is -2.14. The van der Waals surface area contributed by atoms with Gasteiger partial charge in [-0.2, -0.15) is 9.78 Å². The minimum Gasteiger partial charge on any atom is -0.493 e. The van der Waals surface area contributed by atoms with Gasteiger partial charge >= 0.3 is 0 Å². The molecule has 3 rings (SSSR count). The van der Waals surface area contributed by atoms with Crippen molar-refractivity contribution < 1.29 is 14.3 Å². The van der Waals surface area contributed by atoms with Crippen LogP contribution in [0.1, 0.15) is 45.9 Å². The topological polar surface area (TPSA) is 91.2 Å². The van der Waals surface area contributed by atoms with Crippen molar-refractivity contribution in [3.8, 4) is 17.4 Å². The minimum atomic E-state index is -0.299. The quantitative estimate of drug-likeness (QED) is 0.503. The van der Waals surface area contributed by atoms with Gasteiger partial charge in [-0.25, -0.2) is 9.97 Å². The maximum Gasteiger partial charge on any atom is 0.252 e. The number of ether oxygens (including phenoxy) is 2. The maximum absolute atomic E-state index is 12.7. The van der Waals surface area contributed by atoms with Gasteiger partial charge in [-0.15, -0.1) is 0 Å². The van der Waals surface area contributed by atoms with E-state index in [1.807, 2.05) is 24.3 Å². The number of carbonyl (C=O) groups is 1. The molecule has 1 N–H and O–H groups in total. The highest BCUT2D eigenvalue weighted by Crippen LogP contribution is 2.29. The van der Waals surface area contributed by atoms with Crippen LogP contribution in [-0.4, -0.2) is 39.4 Å². The van der Waals surface area contributed by atoms with Gasteiger partial charge in [0.25, 0.3) is 5.95 Å². The summed E-state index contributed by atoms with van der Waals surface area (Å²) in [7, 11) is 1.59. The summed E-state index contributed by atoms with van der Waals surface area (Å²) in [5, 5.41) is 7.49. The fourth-order valence-corrected chi connectivity index (χ4v) is 2.89. The van der Waals surface area contributed by atoms with E-state index in [0.717, 1.165) is 11.3 Å². The van der Waals surface area contributed by atoms with E-state index in [2.05, 4.69) is 55.0 Å². The van der Waals surface area contributed by atoms with E-state index in [1.54, 1.807) is 31.6 Å². The number of rotatable bonds is 8. The van der Waals surface area contributed by atoms with Crippen LogP contribution >= 0.6 is 0 Å². The molecule has 2 heterocycles. The Kier molecular flexibility index (Phi) is 7.48. The Hall–Kier alpha value is -3.68. The van der Waals surface area contributed by atoms with E-state index >= 15 is 0 Å². The molecule has 174 valence electrons. The summed E-state index contributed by atoms with van der Waals surface area (Å²) >= 11 is 0. The Morgan fingerprint density at radius 3 is 2.52 bits per heavy atom. The number of hydrogen-bond donors (Lipinski definition) is 1. The Morgan fingerprint density at radius 2 is 1.88 bits per heavy atom. The molecule has 0 aliphatic carbocycles. The summed E-state index contributed by atoms with van der Waals surface area (Å²) in [4.78, 5) is 21.2. The molecule has 0 fully saturated rings. The molecule has 1 amide bonds. The molecular formula is C25H31N5O3. The van der Waals surface area contributed by atoms with Crippen molar-refractivity contribution in [1.29, 1.82) is 0 Å². The number of nitrogens with one attached hydrogen (secondary N) is 1. The molecule has 8 heteroatoms. The second-order valence-electron chi connectivity index (χ2n) is 9.06. The van der Waals surface area contributed by atoms with Crippen LogP contribution in [0.15, 0.2) is 48.8 Å². The SMILES string of the molecule is COc1cc(/C=C/C(=O)Nc2cc(C(C)(C)C)nn2-c2ncccn2)ccc1OCC(C)C. The summed E-state index contributed by atoms with van der Waals surface area (Å²) in [6.07, 6.45) is 6.44. The number of benzene rings is 1. The highest BCUT2D eigenvalue weighted by molar-refractivity contribution is 6.01. The van der Waals surface area contributed by atoms with Gasteiger partial charge in [-0.1, -0.05) is 40.7 Å². The van der Waals surface area contributed by atoms with Crippen LogP contribution in [0.4, 0.5) is 5.82 Å². The third-order valence-electron chi connectivity index (χ3n) is 4.66. The van der Waals surface area contributed by atoms with Crippen molar-refractivity contribution >= 4 is 17.8 Å². The lowest BCUT2D eigenvalue weighted by Gasteiger charge is -2.13. The second-order valence-corrected chi connectivity index (χ2v) is 9.06. The summed E-state index contributed by atoms with van der Waals surface area (Å²) in [6.45, 7) is 10.9. The first-order chi connectivity index (χ1) is 15.7. The van der Waals surface area contributed by atoms with E-state index in [4.69, 9.17) is 9.47 Å². The van der Waals surface area contributed by atoms with Gasteiger partial charge in [0.2, 0.25) is 5.91 Å². The summed E-state index contributed by atoms with van der Waals surface area (Å²) in [5.41, 5.74) is 1.43. The first kappa shape index (κ1) is 24.0. The predicted octanol–water partition coefficient (Wildman–Crippen LogP) is 4.66. The van der Waals surface area contributed by atoms with Crippen LogP contribution < -0.4 is 14.8 Å². The van der Waals surface area contributed by atoms with Crippen LogP contribution in [0.5, 0.6) is 11.5 Å². The van der Waals surface area contributed by atoms with Crippen molar-refractivity contribution in [3.05, 3.63) is 60.1 Å². The molecular weight excluding hydrogens is 418 g/mol. The zero-order valence-corrected chi connectivity index (χ0v) is 20.0. The second kappa shape index (κ2) is 10.3. The molecule has 2 aromatic heterocycles. The van der Waals surface area contributed by atoms with Gasteiger partial charge in [0, 0.05) is 30.0 Å². The number of amides is 1. The van der Waals surface area contributed by atoms with E-state index < -0.39 is 0 Å². The molecule has 0 aliphatic rings.